The van der Waals surface area contributed by atoms with E-state index in [2.05, 4.69) is 36.5 Å². The van der Waals surface area contributed by atoms with E-state index >= 15 is 0 Å². The molecule has 1 aromatic rings. The highest BCUT2D eigenvalue weighted by Gasteiger charge is 2.24. The lowest BCUT2D eigenvalue weighted by atomic mass is 9.85. The number of aryl methyl sites for hydroxylation is 1. The average Bonchev–Trinajstić information content (AvgIpc) is 2.64. The Labute approximate surface area is 122 Å². The van der Waals surface area contributed by atoms with Gasteiger partial charge in [0.1, 0.15) is 0 Å². The van der Waals surface area contributed by atoms with Crippen LogP contribution < -0.4 is 5.32 Å². The van der Waals surface area contributed by atoms with Gasteiger partial charge in [-0.1, -0.05) is 33.1 Å². The molecule has 1 saturated carbocycles. The molecular formula is C16H28N2S. The third-order valence-corrected chi connectivity index (χ3v) is 5.20. The number of rotatable bonds is 5. The predicted octanol–water partition coefficient (Wildman–Crippen LogP) is 4.19. The summed E-state index contributed by atoms with van der Waals surface area (Å²) < 4.78 is 0. The van der Waals surface area contributed by atoms with Gasteiger partial charge < -0.3 is 5.32 Å². The van der Waals surface area contributed by atoms with Gasteiger partial charge in [0.25, 0.3) is 0 Å². The van der Waals surface area contributed by atoms with Crippen molar-refractivity contribution >= 4 is 11.3 Å². The summed E-state index contributed by atoms with van der Waals surface area (Å²) in [4.78, 5) is 4.66. The molecule has 1 aliphatic carbocycles. The number of thiazole rings is 1. The number of nitrogens with zero attached hydrogens (tertiary/aromatic N) is 1. The monoisotopic (exact) mass is 280 g/mol. The molecule has 0 aromatic carbocycles. The Balaban J connectivity index is 1.95. The largest absolute Gasteiger partial charge is 0.314 e. The lowest BCUT2D eigenvalue weighted by Crippen LogP contribution is -2.33. The van der Waals surface area contributed by atoms with Crippen molar-refractivity contribution < 1.29 is 0 Å². The summed E-state index contributed by atoms with van der Waals surface area (Å²) in [6, 6.07) is 0.603. The van der Waals surface area contributed by atoms with Gasteiger partial charge in [0.05, 0.1) is 5.01 Å². The van der Waals surface area contributed by atoms with Gasteiger partial charge in [0.15, 0.2) is 0 Å². The normalized spacial score (nSPS) is 24.6. The maximum absolute atomic E-state index is 4.66. The van der Waals surface area contributed by atoms with E-state index in [9.17, 15) is 0 Å². The van der Waals surface area contributed by atoms with Crippen molar-refractivity contribution in [3.05, 3.63) is 16.1 Å². The Morgan fingerprint density at radius 3 is 2.63 bits per heavy atom. The van der Waals surface area contributed by atoms with E-state index in [0.29, 0.717) is 6.04 Å². The molecule has 0 amide bonds. The van der Waals surface area contributed by atoms with Crippen LogP contribution in [0.1, 0.15) is 56.7 Å². The van der Waals surface area contributed by atoms with Crippen LogP contribution in [0.15, 0.2) is 5.38 Å². The van der Waals surface area contributed by atoms with E-state index in [1.807, 2.05) is 11.3 Å². The van der Waals surface area contributed by atoms with Crippen LogP contribution in [0, 0.1) is 18.8 Å². The predicted molar refractivity (Wildman–Crippen MR) is 83.8 cm³/mol. The molecule has 0 saturated heterocycles. The van der Waals surface area contributed by atoms with Crippen molar-refractivity contribution in [2.75, 3.05) is 6.54 Å². The Morgan fingerprint density at radius 1 is 1.26 bits per heavy atom. The van der Waals surface area contributed by atoms with E-state index in [0.717, 1.165) is 11.8 Å². The number of aromatic nitrogens is 1. The van der Waals surface area contributed by atoms with Gasteiger partial charge in [-0.15, -0.1) is 11.3 Å². The molecule has 1 aliphatic rings. The molecule has 2 atom stereocenters. The second-order valence-electron chi connectivity index (χ2n) is 6.31. The maximum Gasteiger partial charge on any atom is 0.0930 e. The number of hydrogen-bond donors (Lipinski definition) is 1. The molecule has 2 rings (SSSR count). The van der Waals surface area contributed by atoms with Gasteiger partial charge in [-0.3, -0.25) is 0 Å². The van der Waals surface area contributed by atoms with Crippen LogP contribution in [-0.2, 0) is 6.42 Å². The summed E-state index contributed by atoms with van der Waals surface area (Å²) in [5.74, 6) is 1.67. The molecular weight excluding hydrogens is 252 g/mol. The van der Waals surface area contributed by atoms with Crippen LogP contribution in [0.25, 0.3) is 0 Å². The van der Waals surface area contributed by atoms with Crippen molar-refractivity contribution in [3.63, 3.8) is 0 Å². The summed E-state index contributed by atoms with van der Waals surface area (Å²) in [6.45, 7) is 7.78. The van der Waals surface area contributed by atoms with Crippen LogP contribution in [0.5, 0.6) is 0 Å². The van der Waals surface area contributed by atoms with Gasteiger partial charge in [-0.05, 0) is 38.1 Å². The third kappa shape index (κ3) is 4.88. The Kier molecular flexibility index (Phi) is 5.83. The second-order valence-corrected chi connectivity index (χ2v) is 7.25. The topological polar surface area (TPSA) is 24.9 Å². The van der Waals surface area contributed by atoms with E-state index < -0.39 is 0 Å². The molecule has 0 spiro atoms. The summed E-state index contributed by atoms with van der Waals surface area (Å²) in [5.41, 5.74) is 1.19. The summed E-state index contributed by atoms with van der Waals surface area (Å²) in [6.07, 6.45) is 8.23. The first-order valence-electron chi connectivity index (χ1n) is 7.79. The third-order valence-electron chi connectivity index (χ3n) is 4.21. The first kappa shape index (κ1) is 15.0. The molecule has 2 unspecified atom stereocenters. The SMILES string of the molecule is Cc1csc(CC2CCCCCC2CNC(C)C)n1. The molecule has 0 bridgehead atoms. The maximum atomic E-state index is 4.66. The van der Waals surface area contributed by atoms with E-state index in [4.69, 9.17) is 0 Å². The molecule has 0 radical (unpaired) electrons. The second kappa shape index (κ2) is 7.39. The lowest BCUT2D eigenvalue weighted by Gasteiger charge is -2.25. The molecule has 1 fully saturated rings. The molecule has 2 nitrogen and oxygen atoms in total. The van der Waals surface area contributed by atoms with Crippen LogP contribution in [-0.4, -0.2) is 17.6 Å². The average molecular weight is 280 g/mol. The summed E-state index contributed by atoms with van der Waals surface area (Å²) >= 11 is 1.84. The molecule has 108 valence electrons. The number of nitrogens with one attached hydrogen (secondary N) is 1. The fourth-order valence-corrected chi connectivity index (χ4v) is 3.97. The molecule has 0 aliphatic heterocycles. The minimum Gasteiger partial charge on any atom is -0.314 e. The van der Waals surface area contributed by atoms with Gasteiger partial charge in [0, 0.05) is 23.5 Å². The first-order chi connectivity index (χ1) is 9.15. The quantitative estimate of drug-likeness (QED) is 0.818. The van der Waals surface area contributed by atoms with E-state index in [1.165, 1.54) is 55.8 Å². The van der Waals surface area contributed by atoms with Crippen molar-refractivity contribution in [2.24, 2.45) is 11.8 Å². The minimum absolute atomic E-state index is 0.603. The van der Waals surface area contributed by atoms with Gasteiger partial charge >= 0.3 is 0 Å². The van der Waals surface area contributed by atoms with E-state index in [1.54, 1.807) is 0 Å². The van der Waals surface area contributed by atoms with Crippen LogP contribution in [0.3, 0.4) is 0 Å². The number of hydrogen-bond acceptors (Lipinski definition) is 3. The van der Waals surface area contributed by atoms with Crippen molar-refractivity contribution in [1.29, 1.82) is 0 Å². The van der Waals surface area contributed by atoms with Crippen molar-refractivity contribution in [3.8, 4) is 0 Å². The standard InChI is InChI=1S/C16H28N2S/c1-12(2)17-10-15-8-6-4-5-7-14(15)9-16-18-13(3)11-19-16/h11-12,14-15,17H,4-10H2,1-3H3. The first-order valence-corrected chi connectivity index (χ1v) is 8.67. The smallest absolute Gasteiger partial charge is 0.0930 e. The zero-order valence-corrected chi connectivity index (χ0v) is 13.4. The molecule has 1 N–H and O–H groups in total. The lowest BCUT2D eigenvalue weighted by molar-refractivity contribution is 0.291. The van der Waals surface area contributed by atoms with Gasteiger partial charge in [-0.25, -0.2) is 4.98 Å². The van der Waals surface area contributed by atoms with Crippen molar-refractivity contribution in [2.45, 2.75) is 65.3 Å². The highest BCUT2D eigenvalue weighted by atomic mass is 32.1. The molecule has 1 heterocycles. The van der Waals surface area contributed by atoms with Crippen LogP contribution >= 0.6 is 11.3 Å². The highest BCUT2D eigenvalue weighted by Crippen LogP contribution is 2.31. The van der Waals surface area contributed by atoms with Crippen LogP contribution in [0.4, 0.5) is 0 Å². The zero-order chi connectivity index (χ0) is 13.7. The van der Waals surface area contributed by atoms with E-state index in [-0.39, 0.29) is 0 Å². The molecule has 1 aromatic heterocycles. The van der Waals surface area contributed by atoms with Gasteiger partial charge in [0.2, 0.25) is 0 Å². The summed E-state index contributed by atoms with van der Waals surface area (Å²) in [7, 11) is 0. The Morgan fingerprint density at radius 2 is 2.00 bits per heavy atom. The Hall–Kier alpha value is -0.410. The fourth-order valence-electron chi connectivity index (χ4n) is 3.11. The van der Waals surface area contributed by atoms with Crippen LogP contribution in [0.2, 0.25) is 0 Å². The zero-order valence-electron chi connectivity index (χ0n) is 12.6. The molecule has 19 heavy (non-hydrogen) atoms. The minimum atomic E-state index is 0.603. The Bertz CT molecular complexity index is 373. The van der Waals surface area contributed by atoms with Gasteiger partial charge in [-0.2, -0.15) is 0 Å². The fraction of sp³-hybridized carbons (Fsp3) is 0.812. The highest BCUT2D eigenvalue weighted by molar-refractivity contribution is 7.09. The van der Waals surface area contributed by atoms with Crippen molar-refractivity contribution in [1.82, 2.24) is 10.3 Å². The summed E-state index contributed by atoms with van der Waals surface area (Å²) in [5, 5.41) is 7.18. The molecule has 3 heteroatoms.